The lowest BCUT2D eigenvalue weighted by Gasteiger charge is -2.38. The van der Waals surface area contributed by atoms with Gasteiger partial charge in [0.25, 0.3) is 5.91 Å². The van der Waals surface area contributed by atoms with E-state index < -0.39 is 23.4 Å². The fraction of sp³-hybridized carbons (Fsp3) is 0.571. The second-order valence-electron chi connectivity index (χ2n) is 11.7. The second kappa shape index (κ2) is 12.5. The molecular formula is C28H42N6O4. The highest BCUT2D eigenvalue weighted by molar-refractivity contribution is 5.98. The summed E-state index contributed by atoms with van der Waals surface area (Å²) in [7, 11) is 0. The third-order valence-corrected chi connectivity index (χ3v) is 6.88. The van der Waals surface area contributed by atoms with E-state index in [9.17, 15) is 14.4 Å². The van der Waals surface area contributed by atoms with Gasteiger partial charge in [0.05, 0.1) is 25.1 Å². The third-order valence-electron chi connectivity index (χ3n) is 6.88. The molecule has 3 amide bonds. The van der Waals surface area contributed by atoms with Crippen molar-refractivity contribution in [3.63, 3.8) is 0 Å². The molecule has 38 heavy (non-hydrogen) atoms. The number of amides is 3. The number of hydrogen-bond acceptors (Lipinski definition) is 6. The minimum Gasteiger partial charge on any atom is -0.374 e. The maximum absolute atomic E-state index is 13.0. The summed E-state index contributed by atoms with van der Waals surface area (Å²) >= 11 is 0. The lowest BCUT2D eigenvalue weighted by molar-refractivity contribution is -0.133. The van der Waals surface area contributed by atoms with Gasteiger partial charge in [0.15, 0.2) is 5.82 Å². The molecular weight excluding hydrogens is 484 g/mol. The van der Waals surface area contributed by atoms with Gasteiger partial charge in [-0.1, -0.05) is 51.1 Å². The number of piperidine rings is 1. The average Bonchev–Trinajstić information content (AvgIpc) is 3.29. The monoisotopic (exact) mass is 526 g/mol. The maximum Gasteiger partial charge on any atom is 0.250 e. The number of nitrogens with two attached hydrogens (primary N) is 1. The quantitative estimate of drug-likeness (QED) is 0.436. The number of nitrogens with one attached hydrogen (secondary N) is 2. The molecule has 1 aromatic heterocycles. The maximum atomic E-state index is 13.0. The number of carbonyl (C=O) groups excluding carboxylic acids is 3. The number of likely N-dealkylation sites (tertiary alicyclic amines) is 1. The number of anilines is 1. The standard InChI is InChI=1S/C28H42N6O4/c1-27(2,3)21-11-13-34(14-12-21)24(35)16-33-15-23(30-19-33)32-25(36)22(31-26(37)28(4,5)29)18-38-17-20-9-7-6-8-10-20/h6-10,15,19,21-22H,11-14,16-18,29H2,1-5H3,(H,31,37)(H,32,36). The van der Waals surface area contributed by atoms with E-state index in [4.69, 9.17) is 10.5 Å². The molecule has 10 nitrogen and oxygen atoms in total. The Morgan fingerprint density at radius 1 is 1.11 bits per heavy atom. The number of hydrogen-bond donors (Lipinski definition) is 3. The highest BCUT2D eigenvalue weighted by Crippen LogP contribution is 2.34. The molecule has 0 radical (unpaired) electrons. The minimum absolute atomic E-state index is 0.0252. The molecule has 0 saturated carbocycles. The first kappa shape index (κ1) is 29.3. The summed E-state index contributed by atoms with van der Waals surface area (Å²) in [5, 5.41) is 5.37. The van der Waals surface area contributed by atoms with Crippen molar-refractivity contribution < 1.29 is 19.1 Å². The van der Waals surface area contributed by atoms with Gasteiger partial charge < -0.3 is 30.6 Å². The molecule has 1 aliphatic rings. The van der Waals surface area contributed by atoms with Crippen molar-refractivity contribution in [1.29, 1.82) is 0 Å². The number of nitrogens with zero attached hydrogens (tertiary/aromatic N) is 3. The predicted octanol–water partition coefficient (Wildman–Crippen LogP) is 2.55. The van der Waals surface area contributed by atoms with Gasteiger partial charge in [-0.2, -0.15) is 0 Å². The molecule has 1 unspecified atom stereocenters. The van der Waals surface area contributed by atoms with Gasteiger partial charge in [-0.25, -0.2) is 4.98 Å². The zero-order chi connectivity index (χ0) is 27.9. The highest BCUT2D eigenvalue weighted by Gasteiger charge is 2.31. The topological polar surface area (TPSA) is 132 Å². The van der Waals surface area contributed by atoms with Crippen LogP contribution in [-0.2, 0) is 32.3 Å². The molecule has 1 aliphatic heterocycles. The summed E-state index contributed by atoms with van der Waals surface area (Å²) in [4.78, 5) is 44.5. The summed E-state index contributed by atoms with van der Waals surface area (Å²) < 4.78 is 7.36. The number of ether oxygens (including phenoxy) is 1. The Kier molecular flexibility index (Phi) is 9.67. The highest BCUT2D eigenvalue weighted by atomic mass is 16.5. The third kappa shape index (κ3) is 8.66. The van der Waals surface area contributed by atoms with Crippen LogP contribution in [0.25, 0.3) is 0 Å². The van der Waals surface area contributed by atoms with E-state index in [1.807, 2.05) is 35.2 Å². The van der Waals surface area contributed by atoms with Crippen LogP contribution in [0.2, 0.25) is 0 Å². The van der Waals surface area contributed by atoms with Gasteiger partial charge in [0.1, 0.15) is 12.6 Å². The molecule has 2 heterocycles. The van der Waals surface area contributed by atoms with E-state index >= 15 is 0 Å². The Morgan fingerprint density at radius 3 is 2.37 bits per heavy atom. The Morgan fingerprint density at radius 2 is 1.76 bits per heavy atom. The number of imidazole rings is 1. The van der Waals surface area contributed by atoms with Crippen LogP contribution in [0.3, 0.4) is 0 Å². The van der Waals surface area contributed by atoms with Crippen LogP contribution >= 0.6 is 0 Å². The van der Waals surface area contributed by atoms with Crippen molar-refractivity contribution in [2.45, 2.75) is 72.2 Å². The smallest absolute Gasteiger partial charge is 0.250 e. The minimum atomic E-state index is -1.17. The fourth-order valence-corrected chi connectivity index (χ4v) is 4.37. The number of aromatic nitrogens is 2. The van der Waals surface area contributed by atoms with Gasteiger partial charge in [-0.3, -0.25) is 14.4 Å². The van der Waals surface area contributed by atoms with Crippen molar-refractivity contribution in [2.24, 2.45) is 17.1 Å². The normalized spacial score (nSPS) is 15.7. The average molecular weight is 527 g/mol. The van der Waals surface area contributed by atoms with E-state index in [1.54, 1.807) is 24.6 Å². The number of benzene rings is 1. The van der Waals surface area contributed by atoms with Crippen LogP contribution in [0.15, 0.2) is 42.9 Å². The van der Waals surface area contributed by atoms with E-state index in [-0.39, 0.29) is 36.9 Å². The van der Waals surface area contributed by atoms with Crippen LogP contribution in [0.1, 0.15) is 53.0 Å². The van der Waals surface area contributed by atoms with Crippen LogP contribution in [0.4, 0.5) is 5.82 Å². The summed E-state index contributed by atoms with van der Waals surface area (Å²) in [5.41, 5.74) is 5.93. The van der Waals surface area contributed by atoms with E-state index in [1.165, 1.54) is 6.33 Å². The Balaban J connectivity index is 1.56. The molecule has 1 atom stereocenters. The first-order valence-electron chi connectivity index (χ1n) is 13.1. The molecule has 208 valence electrons. The summed E-state index contributed by atoms with van der Waals surface area (Å²) in [5.74, 6) is -0.0544. The first-order chi connectivity index (χ1) is 17.8. The number of carbonyl (C=O) groups is 3. The van der Waals surface area contributed by atoms with E-state index in [0.29, 0.717) is 5.92 Å². The predicted molar refractivity (Wildman–Crippen MR) is 146 cm³/mol. The lowest BCUT2D eigenvalue weighted by Crippen LogP contribution is -2.56. The summed E-state index contributed by atoms with van der Waals surface area (Å²) in [6.07, 6.45) is 5.12. The van der Waals surface area contributed by atoms with Crippen LogP contribution in [-0.4, -0.2) is 63.4 Å². The van der Waals surface area contributed by atoms with Crippen molar-refractivity contribution in [3.8, 4) is 0 Å². The van der Waals surface area contributed by atoms with Crippen LogP contribution < -0.4 is 16.4 Å². The van der Waals surface area contributed by atoms with Crippen molar-refractivity contribution in [3.05, 3.63) is 48.4 Å². The molecule has 1 aromatic carbocycles. The van der Waals surface area contributed by atoms with E-state index in [0.717, 1.165) is 31.5 Å². The zero-order valence-corrected chi connectivity index (χ0v) is 23.2. The summed E-state index contributed by atoms with van der Waals surface area (Å²) in [6, 6.07) is 8.55. The molecule has 2 aromatic rings. The Bertz CT molecular complexity index is 1080. The number of rotatable bonds is 10. The molecule has 4 N–H and O–H groups in total. The van der Waals surface area contributed by atoms with Gasteiger partial charge in [-0.05, 0) is 43.6 Å². The second-order valence-corrected chi connectivity index (χ2v) is 11.7. The van der Waals surface area contributed by atoms with Crippen molar-refractivity contribution >= 4 is 23.5 Å². The molecule has 0 bridgehead atoms. The largest absolute Gasteiger partial charge is 0.374 e. The molecule has 3 rings (SSSR count). The van der Waals surface area contributed by atoms with Gasteiger partial charge in [0.2, 0.25) is 11.8 Å². The first-order valence-corrected chi connectivity index (χ1v) is 13.1. The SMILES string of the molecule is CC(C)(N)C(=O)NC(COCc1ccccc1)C(=O)Nc1cn(CC(=O)N2CCC(C(C)(C)C)CC2)cn1. The van der Waals surface area contributed by atoms with Crippen molar-refractivity contribution in [1.82, 2.24) is 19.8 Å². The van der Waals surface area contributed by atoms with E-state index in [2.05, 4.69) is 36.4 Å². The van der Waals surface area contributed by atoms with Crippen LogP contribution in [0.5, 0.6) is 0 Å². The molecule has 1 fully saturated rings. The Labute approximate surface area is 225 Å². The van der Waals surface area contributed by atoms with Crippen molar-refractivity contribution in [2.75, 3.05) is 25.0 Å². The van der Waals surface area contributed by atoms with Gasteiger partial charge in [-0.15, -0.1) is 0 Å². The summed E-state index contributed by atoms with van der Waals surface area (Å²) in [6.45, 7) is 11.8. The molecule has 1 saturated heterocycles. The fourth-order valence-electron chi connectivity index (χ4n) is 4.37. The zero-order valence-electron chi connectivity index (χ0n) is 23.2. The van der Waals surface area contributed by atoms with Gasteiger partial charge >= 0.3 is 0 Å². The van der Waals surface area contributed by atoms with Gasteiger partial charge in [0, 0.05) is 19.3 Å². The lowest BCUT2D eigenvalue weighted by atomic mass is 9.75. The molecule has 0 spiro atoms. The molecule has 10 heteroatoms. The van der Waals surface area contributed by atoms with Crippen LogP contribution in [0, 0.1) is 11.3 Å². The molecule has 0 aliphatic carbocycles. The Hall–Kier alpha value is -3.24.